The second-order valence-corrected chi connectivity index (χ2v) is 8.39. The minimum Gasteiger partial charge on any atom is -0.493 e. The largest absolute Gasteiger partial charge is 0.493 e. The van der Waals surface area contributed by atoms with Gasteiger partial charge in [0.2, 0.25) is 15.9 Å². The van der Waals surface area contributed by atoms with E-state index in [9.17, 15) is 23.3 Å². The third-order valence-corrected chi connectivity index (χ3v) is 6.52. The summed E-state index contributed by atoms with van der Waals surface area (Å²) >= 11 is 0. The van der Waals surface area contributed by atoms with Crippen LogP contribution in [0, 0.1) is 10.1 Å². The Morgan fingerprint density at radius 1 is 1.00 bits per heavy atom. The number of amides is 1. The smallest absolute Gasteiger partial charge is 0.269 e. The van der Waals surface area contributed by atoms with Crippen LogP contribution in [-0.4, -0.2) is 61.2 Å². The molecule has 1 aliphatic rings. The van der Waals surface area contributed by atoms with Crippen molar-refractivity contribution in [2.24, 2.45) is 0 Å². The number of rotatable bonds is 7. The maximum Gasteiger partial charge on any atom is 0.269 e. The number of hydrogen-bond acceptors (Lipinski definition) is 6. The normalized spacial score (nSPS) is 15.1. The minimum absolute atomic E-state index is 0.000798. The van der Waals surface area contributed by atoms with Crippen molar-refractivity contribution in [1.29, 1.82) is 0 Å². The van der Waals surface area contributed by atoms with Crippen molar-refractivity contribution in [2.75, 3.05) is 32.8 Å². The van der Waals surface area contributed by atoms with Crippen LogP contribution >= 0.6 is 0 Å². The molecule has 3 rings (SSSR count). The van der Waals surface area contributed by atoms with Crippen LogP contribution in [0.3, 0.4) is 0 Å². The molecule has 0 N–H and O–H groups in total. The number of piperazine rings is 1. The van der Waals surface area contributed by atoms with Gasteiger partial charge in [-0.2, -0.15) is 4.31 Å². The maximum atomic E-state index is 12.7. The molecule has 1 fully saturated rings. The minimum atomic E-state index is -3.76. The molecule has 0 aromatic heterocycles. The SMILES string of the molecule is O=C(CCOc1ccccc1)N1CCN(S(=O)(=O)c2ccc([N+](=O)[O-])cc2)CC1. The van der Waals surface area contributed by atoms with Crippen LogP contribution in [0.2, 0.25) is 0 Å². The molecule has 0 spiro atoms. The Hall–Kier alpha value is -2.98. The highest BCUT2D eigenvalue weighted by Crippen LogP contribution is 2.21. The lowest BCUT2D eigenvalue weighted by Crippen LogP contribution is -2.50. The molecule has 0 atom stereocenters. The highest BCUT2D eigenvalue weighted by atomic mass is 32.2. The first kappa shape index (κ1) is 20.7. The lowest BCUT2D eigenvalue weighted by molar-refractivity contribution is -0.384. The van der Waals surface area contributed by atoms with E-state index in [1.165, 1.54) is 28.6 Å². The van der Waals surface area contributed by atoms with Gasteiger partial charge in [0.25, 0.3) is 5.69 Å². The molecule has 10 heteroatoms. The first-order valence-corrected chi connectivity index (χ1v) is 10.5. The molecule has 9 nitrogen and oxygen atoms in total. The van der Waals surface area contributed by atoms with E-state index < -0.39 is 14.9 Å². The number of non-ortho nitro benzene ring substituents is 1. The first-order valence-electron chi connectivity index (χ1n) is 9.08. The number of hydrogen-bond donors (Lipinski definition) is 0. The van der Waals surface area contributed by atoms with E-state index in [2.05, 4.69) is 0 Å². The van der Waals surface area contributed by atoms with Crippen molar-refractivity contribution in [1.82, 2.24) is 9.21 Å². The van der Waals surface area contributed by atoms with Crippen molar-refractivity contribution >= 4 is 21.6 Å². The highest BCUT2D eigenvalue weighted by Gasteiger charge is 2.30. The van der Waals surface area contributed by atoms with E-state index >= 15 is 0 Å². The molecule has 0 radical (unpaired) electrons. The topological polar surface area (TPSA) is 110 Å². The van der Waals surface area contributed by atoms with E-state index in [4.69, 9.17) is 4.74 Å². The Morgan fingerprint density at radius 3 is 2.21 bits per heavy atom. The number of carbonyl (C=O) groups is 1. The standard InChI is InChI=1S/C19H21N3O6S/c23-19(10-15-28-17-4-2-1-3-5-17)20-11-13-21(14-12-20)29(26,27)18-8-6-16(7-9-18)22(24)25/h1-9H,10-15H2. The third kappa shape index (κ3) is 5.09. The van der Waals surface area contributed by atoms with Gasteiger partial charge in [-0.3, -0.25) is 14.9 Å². The molecule has 2 aromatic carbocycles. The molecule has 0 saturated carbocycles. The zero-order valence-electron chi connectivity index (χ0n) is 15.6. The summed E-state index contributed by atoms with van der Waals surface area (Å²) in [6.07, 6.45) is 0.212. The number of nitro groups is 1. The molecule has 154 valence electrons. The summed E-state index contributed by atoms with van der Waals surface area (Å²) in [5.41, 5.74) is -0.169. The van der Waals surface area contributed by atoms with Crippen molar-refractivity contribution in [3.05, 3.63) is 64.7 Å². The Bertz CT molecular complexity index is 955. The fourth-order valence-corrected chi connectivity index (χ4v) is 4.42. The van der Waals surface area contributed by atoms with Crippen LogP contribution in [0.4, 0.5) is 5.69 Å². The van der Waals surface area contributed by atoms with Crippen molar-refractivity contribution < 1.29 is 22.9 Å². The third-order valence-electron chi connectivity index (χ3n) is 4.60. The molecule has 0 aliphatic carbocycles. The molecule has 2 aromatic rings. The molecule has 0 bridgehead atoms. The van der Waals surface area contributed by atoms with Gasteiger partial charge in [-0.05, 0) is 24.3 Å². The second-order valence-electron chi connectivity index (χ2n) is 6.45. The van der Waals surface area contributed by atoms with Crippen LogP contribution in [0.5, 0.6) is 5.75 Å². The second kappa shape index (κ2) is 9.01. The van der Waals surface area contributed by atoms with Gasteiger partial charge in [0.1, 0.15) is 5.75 Å². The van der Waals surface area contributed by atoms with Crippen molar-refractivity contribution in [3.8, 4) is 5.75 Å². The van der Waals surface area contributed by atoms with Crippen LogP contribution in [0.25, 0.3) is 0 Å². The van der Waals surface area contributed by atoms with E-state index in [0.717, 1.165) is 0 Å². The summed E-state index contributed by atoms with van der Waals surface area (Å²) in [7, 11) is -3.76. The van der Waals surface area contributed by atoms with E-state index in [-0.39, 0.29) is 55.7 Å². The molecule has 29 heavy (non-hydrogen) atoms. The number of nitrogens with zero attached hydrogens (tertiary/aromatic N) is 3. The number of benzene rings is 2. The fraction of sp³-hybridized carbons (Fsp3) is 0.316. The van der Waals surface area contributed by atoms with Gasteiger partial charge < -0.3 is 9.64 Å². The predicted octanol–water partition coefficient (Wildman–Crippen LogP) is 1.90. The van der Waals surface area contributed by atoms with Crippen LogP contribution in [0.1, 0.15) is 6.42 Å². The number of ether oxygens (including phenoxy) is 1. The lowest BCUT2D eigenvalue weighted by atomic mass is 10.3. The molecule has 1 heterocycles. The number of para-hydroxylation sites is 1. The average Bonchev–Trinajstić information content (AvgIpc) is 2.74. The first-order chi connectivity index (χ1) is 13.9. The van der Waals surface area contributed by atoms with Crippen LogP contribution < -0.4 is 4.74 Å². The fourth-order valence-electron chi connectivity index (χ4n) is 3.00. The van der Waals surface area contributed by atoms with Gasteiger partial charge in [-0.1, -0.05) is 18.2 Å². The Morgan fingerprint density at radius 2 is 1.62 bits per heavy atom. The zero-order valence-corrected chi connectivity index (χ0v) is 16.5. The summed E-state index contributed by atoms with van der Waals surface area (Å²) in [5.74, 6) is 0.604. The van der Waals surface area contributed by atoms with E-state index in [1.807, 2.05) is 30.3 Å². The van der Waals surface area contributed by atoms with Crippen molar-refractivity contribution in [2.45, 2.75) is 11.3 Å². The van der Waals surface area contributed by atoms with Gasteiger partial charge in [-0.15, -0.1) is 0 Å². The lowest BCUT2D eigenvalue weighted by Gasteiger charge is -2.34. The van der Waals surface area contributed by atoms with Gasteiger partial charge in [0.15, 0.2) is 0 Å². The van der Waals surface area contributed by atoms with Gasteiger partial charge >= 0.3 is 0 Å². The van der Waals surface area contributed by atoms with Gasteiger partial charge in [0.05, 0.1) is 22.8 Å². The summed E-state index contributed by atoms with van der Waals surface area (Å²) < 4.78 is 32.2. The zero-order chi connectivity index (χ0) is 20.9. The van der Waals surface area contributed by atoms with Gasteiger partial charge in [-0.25, -0.2) is 8.42 Å². The predicted molar refractivity (Wildman–Crippen MR) is 105 cm³/mol. The molecular formula is C19H21N3O6S. The molecule has 1 aliphatic heterocycles. The van der Waals surface area contributed by atoms with Gasteiger partial charge in [0, 0.05) is 38.3 Å². The number of carbonyl (C=O) groups excluding carboxylic acids is 1. The number of nitro benzene ring substituents is 1. The van der Waals surface area contributed by atoms with Crippen LogP contribution in [0.15, 0.2) is 59.5 Å². The Kier molecular flexibility index (Phi) is 6.45. The summed E-state index contributed by atoms with van der Waals surface area (Å²) in [4.78, 5) is 24.1. The molecule has 0 unspecified atom stereocenters. The summed E-state index contributed by atoms with van der Waals surface area (Å²) in [6.45, 7) is 1.17. The van der Waals surface area contributed by atoms with Crippen molar-refractivity contribution in [3.63, 3.8) is 0 Å². The summed E-state index contributed by atoms with van der Waals surface area (Å²) in [5, 5.41) is 10.7. The quantitative estimate of drug-likeness (QED) is 0.501. The Labute approximate surface area is 168 Å². The van der Waals surface area contributed by atoms with E-state index in [1.54, 1.807) is 4.90 Å². The highest BCUT2D eigenvalue weighted by molar-refractivity contribution is 7.89. The van der Waals surface area contributed by atoms with Crippen LogP contribution in [-0.2, 0) is 14.8 Å². The monoisotopic (exact) mass is 419 g/mol. The maximum absolute atomic E-state index is 12.7. The molecule has 1 amide bonds. The Balaban J connectivity index is 1.51. The molecular weight excluding hydrogens is 398 g/mol. The average molecular weight is 419 g/mol. The number of sulfonamides is 1. The summed E-state index contributed by atoms with van der Waals surface area (Å²) in [6, 6.07) is 14.0. The van der Waals surface area contributed by atoms with E-state index in [0.29, 0.717) is 5.75 Å². The molecule has 1 saturated heterocycles.